The van der Waals surface area contributed by atoms with Crippen molar-refractivity contribution < 1.29 is 9.59 Å². The molecule has 2 amide bonds. The Morgan fingerprint density at radius 3 is 2.55 bits per heavy atom. The zero-order valence-corrected chi connectivity index (χ0v) is 19.7. The van der Waals surface area contributed by atoms with Gasteiger partial charge in [0.25, 0.3) is 5.91 Å². The fraction of sp³-hybridized carbons (Fsp3) is 0.462. The van der Waals surface area contributed by atoms with Gasteiger partial charge >= 0.3 is 0 Å². The molecular weight excluding hydrogens is 414 g/mol. The zero-order chi connectivity index (χ0) is 23.4. The molecule has 2 heterocycles. The predicted octanol–water partition coefficient (Wildman–Crippen LogP) is 4.41. The van der Waals surface area contributed by atoms with Gasteiger partial charge < -0.3 is 10.6 Å². The summed E-state index contributed by atoms with van der Waals surface area (Å²) in [5.41, 5.74) is 4.07. The number of amides is 2. The summed E-state index contributed by atoms with van der Waals surface area (Å²) in [5, 5.41) is 11.2. The molecule has 0 unspecified atom stereocenters. The molecule has 33 heavy (non-hydrogen) atoms. The summed E-state index contributed by atoms with van der Waals surface area (Å²) in [4.78, 5) is 30.4. The largest absolute Gasteiger partial charge is 0.354 e. The number of rotatable bonds is 7. The van der Waals surface area contributed by atoms with Crippen molar-refractivity contribution in [1.82, 2.24) is 25.4 Å². The number of nitrogens with one attached hydrogen (secondary N) is 2. The highest BCUT2D eigenvalue weighted by Crippen LogP contribution is 2.28. The number of carbonyl (C=O) groups is 2. The minimum absolute atomic E-state index is 0.107. The first kappa shape index (κ1) is 23.0. The molecule has 2 aromatic heterocycles. The molecule has 174 valence electrons. The van der Waals surface area contributed by atoms with E-state index in [0.717, 1.165) is 47.9 Å². The van der Waals surface area contributed by atoms with Crippen molar-refractivity contribution in [3.05, 3.63) is 47.7 Å². The molecular formula is C26H33N5O2. The average molecular weight is 448 g/mol. The third-order valence-corrected chi connectivity index (χ3v) is 6.41. The first-order valence-corrected chi connectivity index (χ1v) is 12.0. The third-order valence-electron chi connectivity index (χ3n) is 6.41. The van der Waals surface area contributed by atoms with E-state index in [4.69, 9.17) is 4.98 Å². The highest BCUT2D eigenvalue weighted by Gasteiger charge is 2.21. The van der Waals surface area contributed by atoms with Crippen molar-refractivity contribution >= 4 is 22.8 Å². The minimum atomic E-state index is -0.188. The van der Waals surface area contributed by atoms with Gasteiger partial charge in [0.1, 0.15) is 0 Å². The number of hydrogen-bond donors (Lipinski definition) is 2. The summed E-state index contributed by atoms with van der Waals surface area (Å²) < 4.78 is 1.85. The monoisotopic (exact) mass is 447 g/mol. The minimum Gasteiger partial charge on any atom is -0.354 e. The summed E-state index contributed by atoms with van der Waals surface area (Å²) in [6.07, 6.45) is 7.12. The van der Waals surface area contributed by atoms with Gasteiger partial charge in [0.15, 0.2) is 5.65 Å². The summed E-state index contributed by atoms with van der Waals surface area (Å²) >= 11 is 0. The number of benzene rings is 1. The molecule has 0 spiro atoms. The molecule has 0 aliphatic heterocycles. The number of aryl methyl sites for hydroxylation is 1. The van der Waals surface area contributed by atoms with Crippen LogP contribution in [0.1, 0.15) is 67.9 Å². The van der Waals surface area contributed by atoms with Crippen LogP contribution in [0.5, 0.6) is 0 Å². The molecule has 0 atom stereocenters. The first-order chi connectivity index (χ1) is 16.0. The maximum absolute atomic E-state index is 13.2. The number of fused-ring (bicyclic) bond motifs is 1. The SMILES string of the molecule is Cc1ccccc1-c1cc(C(=O)NCCNC(=O)C2CCCCC2)c2cnn(C(C)C)c2n1. The maximum atomic E-state index is 13.2. The zero-order valence-electron chi connectivity index (χ0n) is 19.7. The van der Waals surface area contributed by atoms with E-state index in [1.165, 1.54) is 6.42 Å². The Morgan fingerprint density at radius 2 is 1.82 bits per heavy atom. The van der Waals surface area contributed by atoms with E-state index in [2.05, 4.69) is 15.7 Å². The second-order valence-corrected chi connectivity index (χ2v) is 9.17. The lowest BCUT2D eigenvalue weighted by molar-refractivity contribution is -0.125. The third kappa shape index (κ3) is 5.07. The second-order valence-electron chi connectivity index (χ2n) is 9.17. The molecule has 1 aromatic carbocycles. The van der Waals surface area contributed by atoms with Crippen LogP contribution in [-0.2, 0) is 4.79 Å². The molecule has 1 fully saturated rings. The van der Waals surface area contributed by atoms with Gasteiger partial charge in [-0.1, -0.05) is 43.5 Å². The topological polar surface area (TPSA) is 88.9 Å². The van der Waals surface area contributed by atoms with Crippen molar-refractivity contribution in [2.24, 2.45) is 5.92 Å². The summed E-state index contributed by atoms with van der Waals surface area (Å²) in [5.74, 6) is 0.0376. The Balaban J connectivity index is 1.52. The maximum Gasteiger partial charge on any atom is 0.252 e. The molecule has 1 saturated carbocycles. The van der Waals surface area contributed by atoms with E-state index in [9.17, 15) is 9.59 Å². The molecule has 1 aliphatic rings. The van der Waals surface area contributed by atoms with Gasteiger partial charge in [-0.25, -0.2) is 9.67 Å². The van der Waals surface area contributed by atoms with Crippen LogP contribution in [-0.4, -0.2) is 39.7 Å². The predicted molar refractivity (Wildman–Crippen MR) is 130 cm³/mol. The molecule has 3 aromatic rings. The van der Waals surface area contributed by atoms with Crippen LogP contribution in [0.3, 0.4) is 0 Å². The van der Waals surface area contributed by atoms with Crippen molar-refractivity contribution in [1.29, 1.82) is 0 Å². The van der Waals surface area contributed by atoms with Crippen LogP contribution in [0, 0.1) is 12.8 Å². The van der Waals surface area contributed by atoms with Gasteiger partial charge in [0.05, 0.1) is 22.8 Å². The van der Waals surface area contributed by atoms with Gasteiger partial charge in [0, 0.05) is 30.6 Å². The Bertz CT molecular complexity index is 1140. The fourth-order valence-corrected chi connectivity index (χ4v) is 4.55. The van der Waals surface area contributed by atoms with Gasteiger partial charge in [-0.2, -0.15) is 5.10 Å². The van der Waals surface area contributed by atoms with E-state index < -0.39 is 0 Å². The van der Waals surface area contributed by atoms with Crippen molar-refractivity contribution in [2.45, 2.75) is 58.9 Å². The number of pyridine rings is 1. The quantitative estimate of drug-likeness (QED) is 0.525. The molecule has 4 rings (SSSR count). The molecule has 0 saturated heterocycles. The van der Waals surface area contributed by atoms with Crippen LogP contribution in [0.4, 0.5) is 0 Å². The van der Waals surface area contributed by atoms with E-state index in [0.29, 0.717) is 24.3 Å². The van der Waals surface area contributed by atoms with Gasteiger partial charge in [-0.05, 0) is 45.2 Å². The molecule has 1 aliphatic carbocycles. The van der Waals surface area contributed by atoms with Crippen LogP contribution >= 0.6 is 0 Å². The van der Waals surface area contributed by atoms with Gasteiger partial charge in [-0.3, -0.25) is 9.59 Å². The number of aromatic nitrogens is 3. The lowest BCUT2D eigenvalue weighted by Gasteiger charge is -2.20. The van der Waals surface area contributed by atoms with Crippen molar-refractivity contribution in [2.75, 3.05) is 13.1 Å². The summed E-state index contributed by atoms with van der Waals surface area (Å²) in [6, 6.07) is 9.98. The Kier molecular flexibility index (Phi) is 7.06. The molecule has 0 radical (unpaired) electrons. The van der Waals surface area contributed by atoms with E-state index in [1.54, 1.807) is 6.20 Å². The van der Waals surface area contributed by atoms with Crippen molar-refractivity contribution in [3.8, 4) is 11.3 Å². The summed E-state index contributed by atoms with van der Waals surface area (Å²) in [6.45, 7) is 6.92. The van der Waals surface area contributed by atoms with E-state index in [1.807, 2.05) is 55.8 Å². The molecule has 0 bridgehead atoms. The number of nitrogens with zero attached hydrogens (tertiary/aromatic N) is 3. The average Bonchev–Trinajstić information content (AvgIpc) is 3.26. The molecule has 2 N–H and O–H groups in total. The number of hydrogen-bond acceptors (Lipinski definition) is 4. The summed E-state index contributed by atoms with van der Waals surface area (Å²) in [7, 11) is 0. The van der Waals surface area contributed by atoms with Crippen LogP contribution in [0.2, 0.25) is 0 Å². The standard InChI is InChI=1S/C26H33N5O2/c1-17(2)31-24-22(16-29-31)21(15-23(30-24)20-12-8-7-9-18(20)3)26(33)28-14-13-27-25(32)19-10-5-4-6-11-19/h7-9,12,15-17,19H,4-6,10-11,13-14H2,1-3H3,(H,27,32)(H,28,33). The van der Waals surface area contributed by atoms with Crippen LogP contribution < -0.4 is 10.6 Å². The van der Waals surface area contributed by atoms with Crippen LogP contribution in [0.15, 0.2) is 36.5 Å². The smallest absolute Gasteiger partial charge is 0.252 e. The number of carbonyl (C=O) groups excluding carboxylic acids is 2. The van der Waals surface area contributed by atoms with Gasteiger partial charge in [-0.15, -0.1) is 0 Å². The lowest BCUT2D eigenvalue weighted by Crippen LogP contribution is -2.38. The highest BCUT2D eigenvalue weighted by molar-refractivity contribution is 6.06. The second kappa shape index (κ2) is 10.1. The fourth-order valence-electron chi connectivity index (χ4n) is 4.55. The van der Waals surface area contributed by atoms with Crippen molar-refractivity contribution in [3.63, 3.8) is 0 Å². The van der Waals surface area contributed by atoms with E-state index in [-0.39, 0.29) is 23.8 Å². The lowest BCUT2D eigenvalue weighted by atomic mass is 9.89. The molecule has 7 nitrogen and oxygen atoms in total. The molecule has 7 heteroatoms. The Labute approximate surface area is 195 Å². The normalized spacial score (nSPS) is 14.5. The van der Waals surface area contributed by atoms with Gasteiger partial charge in [0.2, 0.25) is 5.91 Å². The first-order valence-electron chi connectivity index (χ1n) is 12.0. The Morgan fingerprint density at radius 1 is 1.09 bits per heavy atom. The van der Waals surface area contributed by atoms with E-state index >= 15 is 0 Å². The Hall–Kier alpha value is -3.22. The van der Waals surface area contributed by atoms with Crippen LogP contribution in [0.25, 0.3) is 22.3 Å². The highest BCUT2D eigenvalue weighted by atomic mass is 16.2.